The van der Waals surface area contributed by atoms with Gasteiger partial charge in [-0.05, 0) is 59.2 Å². The highest BCUT2D eigenvalue weighted by atomic mass is 16.5. The summed E-state index contributed by atoms with van der Waals surface area (Å²) in [4.78, 5) is 15.1. The molecule has 24 heavy (non-hydrogen) atoms. The number of carbonyl (C=O) groups excluding carboxylic acids is 1. The van der Waals surface area contributed by atoms with E-state index in [0.717, 1.165) is 65.0 Å². The van der Waals surface area contributed by atoms with Crippen LogP contribution in [-0.4, -0.2) is 76.0 Å². The minimum absolute atomic E-state index is 0.166. The van der Waals surface area contributed by atoms with E-state index in [1.165, 1.54) is 0 Å². The first-order valence-electron chi connectivity index (χ1n) is 9.41. The lowest BCUT2D eigenvalue weighted by Gasteiger charge is -2.36. The minimum Gasteiger partial charge on any atom is -0.384 e. The van der Waals surface area contributed by atoms with Crippen molar-refractivity contribution in [2.75, 3.05) is 53.0 Å². The molecule has 2 unspecified atom stereocenters. The number of nitrogens with one attached hydrogen (secondary N) is 2. The molecule has 2 atom stereocenters. The van der Waals surface area contributed by atoms with Crippen LogP contribution in [0.2, 0.25) is 0 Å². The average Bonchev–Trinajstić information content (AvgIpc) is 2.54. The molecule has 1 amide bonds. The molecule has 0 aromatic carbocycles. The Morgan fingerprint density at radius 3 is 2.54 bits per heavy atom. The first-order chi connectivity index (χ1) is 11.6. The molecule has 6 nitrogen and oxygen atoms in total. The van der Waals surface area contributed by atoms with Crippen LogP contribution in [-0.2, 0) is 14.3 Å². The third kappa shape index (κ3) is 5.69. The monoisotopic (exact) mass is 341 g/mol. The van der Waals surface area contributed by atoms with E-state index in [9.17, 15) is 4.79 Å². The highest BCUT2D eigenvalue weighted by molar-refractivity contribution is 5.82. The van der Waals surface area contributed by atoms with Crippen molar-refractivity contribution < 1.29 is 14.3 Å². The van der Waals surface area contributed by atoms with Crippen LogP contribution >= 0.6 is 0 Å². The maximum Gasteiger partial charge on any atom is 0.228 e. The average molecular weight is 341 g/mol. The summed E-state index contributed by atoms with van der Waals surface area (Å²) in [6.45, 7) is 10.4. The third-order valence-electron chi connectivity index (χ3n) is 5.14. The van der Waals surface area contributed by atoms with E-state index in [1.54, 1.807) is 7.11 Å². The molecule has 2 N–H and O–H groups in total. The molecular formula is C18H35N3O3. The summed E-state index contributed by atoms with van der Waals surface area (Å²) in [5, 5.41) is 6.46. The number of nitrogens with zero attached hydrogens (tertiary/aromatic N) is 1. The summed E-state index contributed by atoms with van der Waals surface area (Å²) in [6, 6.07) is 0. The van der Waals surface area contributed by atoms with E-state index >= 15 is 0 Å². The first-order valence-corrected chi connectivity index (χ1v) is 9.41. The second-order valence-electron chi connectivity index (χ2n) is 7.44. The van der Waals surface area contributed by atoms with Gasteiger partial charge >= 0.3 is 0 Å². The fourth-order valence-corrected chi connectivity index (χ4v) is 3.94. The molecule has 2 fully saturated rings. The van der Waals surface area contributed by atoms with Gasteiger partial charge in [-0.15, -0.1) is 0 Å². The van der Waals surface area contributed by atoms with Crippen LogP contribution in [0, 0.1) is 5.41 Å². The Morgan fingerprint density at radius 2 is 1.92 bits per heavy atom. The van der Waals surface area contributed by atoms with Crippen molar-refractivity contribution >= 4 is 5.91 Å². The maximum atomic E-state index is 12.6. The molecule has 2 rings (SSSR count). The number of hydrogen-bond acceptors (Lipinski definition) is 5. The van der Waals surface area contributed by atoms with Gasteiger partial charge in [0.25, 0.3) is 0 Å². The SMILES string of the molecule is COCC1(C(=O)NCCCCN2CC(C)OC(C)C2)CCNCC1. The Morgan fingerprint density at radius 1 is 1.25 bits per heavy atom. The van der Waals surface area contributed by atoms with Gasteiger partial charge in [0.15, 0.2) is 0 Å². The zero-order valence-electron chi connectivity index (χ0n) is 15.6. The van der Waals surface area contributed by atoms with Crippen molar-refractivity contribution in [2.45, 2.75) is 51.7 Å². The minimum atomic E-state index is -0.338. The quantitative estimate of drug-likeness (QED) is 0.645. The lowest BCUT2D eigenvalue weighted by Crippen LogP contribution is -2.50. The van der Waals surface area contributed by atoms with Gasteiger partial charge in [0.2, 0.25) is 5.91 Å². The number of amides is 1. The number of unbranched alkanes of at least 4 members (excludes halogenated alkanes) is 1. The Bertz CT molecular complexity index is 370. The Hall–Kier alpha value is -0.690. The Balaban J connectivity index is 1.65. The van der Waals surface area contributed by atoms with Crippen LogP contribution in [0.25, 0.3) is 0 Å². The molecule has 0 aliphatic carbocycles. The third-order valence-corrected chi connectivity index (χ3v) is 5.14. The van der Waals surface area contributed by atoms with E-state index in [4.69, 9.17) is 9.47 Å². The van der Waals surface area contributed by atoms with E-state index in [1.807, 2.05) is 0 Å². The van der Waals surface area contributed by atoms with Gasteiger partial charge < -0.3 is 20.1 Å². The maximum absolute atomic E-state index is 12.6. The molecule has 2 aliphatic rings. The smallest absolute Gasteiger partial charge is 0.228 e. The van der Waals surface area contributed by atoms with Gasteiger partial charge in [-0.25, -0.2) is 0 Å². The number of methoxy groups -OCH3 is 1. The number of rotatable bonds is 8. The number of ether oxygens (including phenoxy) is 2. The summed E-state index contributed by atoms with van der Waals surface area (Å²) in [7, 11) is 1.68. The van der Waals surface area contributed by atoms with Gasteiger partial charge in [0.05, 0.1) is 24.2 Å². The van der Waals surface area contributed by atoms with Gasteiger partial charge in [-0.3, -0.25) is 9.69 Å². The van der Waals surface area contributed by atoms with Crippen LogP contribution in [0.3, 0.4) is 0 Å². The van der Waals surface area contributed by atoms with Crippen LogP contribution in [0.5, 0.6) is 0 Å². The zero-order valence-corrected chi connectivity index (χ0v) is 15.6. The lowest BCUT2D eigenvalue weighted by atomic mass is 9.78. The molecule has 0 bridgehead atoms. The van der Waals surface area contributed by atoms with E-state index in [0.29, 0.717) is 18.8 Å². The largest absolute Gasteiger partial charge is 0.384 e. The van der Waals surface area contributed by atoms with Crippen molar-refractivity contribution in [3.63, 3.8) is 0 Å². The van der Waals surface area contributed by atoms with Crippen molar-refractivity contribution in [1.82, 2.24) is 15.5 Å². The fourth-order valence-electron chi connectivity index (χ4n) is 3.94. The van der Waals surface area contributed by atoms with Gasteiger partial charge in [0.1, 0.15) is 0 Å². The second-order valence-corrected chi connectivity index (χ2v) is 7.44. The van der Waals surface area contributed by atoms with Crippen molar-refractivity contribution in [1.29, 1.82) is 0 Å². The van der Waals surface area contributed by atoms with Crippen LogP contribution in [0.1, 0.15) is 39.5 Å². The Labute approximate surface area is 146 Å². The van der Waals surface area contributed by atoms with Crippen molar-refractivity contribution in [2.24, 2.45) is 5.41 Å². The highest BCUT2D eigenvalue weighted by Gasteiger charge is 2.39. The molecule has 6 heteroatoms. The lowest BCUT2D eigenvalue weighted by molar-refractivity contribution is -0.136. The molecule has 2 aliphatic heterocycles. The summed E-state index contributed by atoms with van der Waals surface area (Å²) < 4.78 is 11.1. The van der Waals surface area contributed by atoms with Gasteiger partial charge in [-0.2, -0.15) is 0 Å². The number of piperidine rings is 1. The van der Waals surface area contributed by atoms with Crippen LogP contribution in [0.15, 0.2) is 0 Å². The highest BCUT2D eigenvalue weighted by Crippen LogP contribution is 2.29. The molecule has 0 radical (unpaired) electrons. The topological polar surface area (TPSA) is 62.8 Å². The molecule has 2 heterocycles. The van der Waals surface area contributed by atoms with Crippen molar-refractivity contribution in [3.8, 4) is 0 Å². The zero-order chi connectivity index (χ0) is 17.4. The molecule has 140 valence electrons. The van der Waals surface area contributed by atoms with Crippen LogP contribution < -0.4 is 10.6 Å². The number of morpholine rings is 1. The van der Waals surface area contributed by atoms with Gasteiger partial charge in [-0.1, -0.05) is 0 Å². The summed E-state index contributed by atoms with van der Waals surface area (Å²) in [5.74, 6) is 0.166. The standard InChI is InChI=1S/C18H35N3O3/c1-15-12-21(13-16(2)24-15)11-5-4-8-20-17(22)18(14-23-3)6-9-19-10-7-18/h15-16,19H,4-14H2,1-3H3,(H,20,22). The molecule has 0 aromatic rings. The fraction of sp³-hybridized carbons (Fsp3) is 0.944. The summed E-state index contributed by atoms with van der Waals surface area (Å²) >= 11 is 0. The summed E-state index contributed by atoms with van der Waals surface area (Å²) in [6.07, 6.45) is 4.49. The normalized spacial score (nSPS) is 27.8. The molecule has 2 saturated heterocycles. The number of carbonyl (C=O) groups is 1. The summed E-state index contributed by atoms with van der Waals surface area (Å²) in [5.41, 5.74) is -0.338. The van der Waals surface area contributed by atoms with E-state index in [-0.39, 0.29) is 11.3 Å². The molecule has 0 aromatic heterocycles. The van der Waals surface area contributed by atoms with E-state index < -0.39 is 0 Å². The number of hydrogen-bond donors (Lipinski definition) is 2. The predicted molar refractivity (Wildman–Crippen MR) is 95.1 cm³/mol. The van der Waals surface area contributed by atoms with Gasteiger partial charge in [0, 0.05) is 26.7 Å². The Kier molecular flexibility index (Phi) is 7.94. The molecule has 0 spiro atoms. The molecular weight excluding hydrogens is 306 g/mol. The molecule has 0 saturated carbocycles. The van der Waals surface area contributed by atoms with Crippen LogP contribution in [0.4, 0.5) is 0 Å². The second kappa shape index (κ2) is 9.70. The van der Waals surface area contributed by atoms with E-state index in [2.05, 4.69) is 29.4 Å². The predicted octanol–water partition coefficient (Wildman–Crippen LogP) is 1.01. The first kappa shape index (κ1) is 19.6. The van der Waals surface area contributed by atoms with Crippen molar-refractivity contribution in [3.05, 3.63) is 0 Å².